The molecule has 1 fully saturated rings. The maximum Gasteiger partial charge on any atom is 0.340 e. The van der Waals surface area contributed by atoms with Crippen LogP contribution in [-0.2, 0) is 16.0 Å². The van der Waals surface area contributed by atoms with E-state index in [1.54, 1.807) is 24.3 Å². The van der Waals surface area contributed by atoms with Crippen molar-refractivity contribution in [2.45, 2.75) is 131 Å². The second-order valence-electron chi connectivity index (χ2n) is 13.5. The highest BCUT2D eigenvalue weighted by atomic mass is 16.5. The van der Waals surface area contributed by atoms with Crippen LogP contribution in [-0.4, -0.2) is 23.1 Å². The van der Waals surface area contributed by atoms with Gasteiger partial charge in [-0.2, -0.15) is 0 Å². The van der Waals surface area contributed by atoms with E-state index < -0.39 is 11.9 Å². The van der Waals surface area contributed by atoms with Crippen molar-refractivity contribution in [2.24, 2.45) is 28.0 Å². The van der Waals surface area contributed by atoms with Gasteiger partial charge in [0.15, 0.2) is 5.70 Å². The first-order valence-corrected chi connectivity index (χ1v) is 17.7. The van der Waals surface area contributed by atoms with Gasteiger partial charge < -0.3 is 15.2 Å². The average molecular weight is 632 g/mol. The van der Waals surface area contributed by atoms with Gasteiger partial charge in [-0.05, 0) is 80.2 Å². The van der Waals surface area contributed by atoms with E-state index in [4.69, 9.17) is 4.74 Å². The Kier molecular flexibility index (Phi) is 16.0. The van der Waals surface area contributed by atoms with Gasteiger partial charge in [-0.1, -0.05) is 116 Å². The van der Waals surface area contributed by atoms with Gasteiger partial charge in [0.25, 0.3) is 5.91 Å². The SMILES string of the molecule is CCCCCCCCCCCCc1ccc(NC(=O)C(N=Nc2ccccc2C(=O)OC2CC(C)CCC2C(C)C)=C(C)O)cc1. The highest BCUT2D eigenvalue weighted by Gasteiger charge is 2.34. The van der Waals surface area contributed by atoms with Crippen LogP contribution in [0.2, 0.25) is 0 Å². The number of allylic oxidation sites excluding steroid dienone is 1. The summed E-state index contributed by atoms with van der Waals surface area (Å²) in [7, 11) is 0. The number of azo groups is 1. The van der Waals surface area contributed by atoms with Gasteiger partial charge in [0.05, 0.1) is 5.56 Å². The second-order valence-corrected chi connectivity index (χ2v) is 13.5. The van der Waals surface area contributed by atoms with Crippen molar-refractivity contribution < 1.29 is 19.4 Å². The fraction of sp³-hybridized carbons (Fsp3) is 0.590. The number of benzene rings is 2. The summed E-state index contributed by atoms with van der Waals surface area (Å²) in [5.41, 5.74) is 2.17. The van der Waals surface area contributed by atoms with E-state index >= 15 is 0 Å². The minimum Gasteiger partial charge on any atom is -0.510 e. The molecule has 7 heteroatoms. The molecule has 1 saturated carbocycles. The lowest BCUT2D eigenvalue weighted by molar-refractivity contribution is -0.113. The molecule has 0 spiro atoms. The average Bonchev–Trinajstić information content (AvgIpc) is 3.02. The van der Waals surface area contributed by atoms with Crippen LogP contribution in [0.4, 0.5) is 11.4 Å². The summed E-state index contributed by atoms with van der Waals surface area (Å²) in [4.78, 5) is 26.4. The maximum atomic E-state index is 13.3. The molecule has 252 valence electrons. The van der Waals surface area contributed by atoms with Crippen LogP contribution in [0, 0.1) is 17.8 Å². The minimum atomic E-state index is -0.581. The van der Waals surface area contributed by atoms with Gasteiger partial charge >= 0.3 is 5.97 Å². The Hall–Kier alpha value is -3.48. The number of hydrogen-bond donors (Lipinski definition) is 2. The van der Waals surface area contributed by atoms with Crippen molar-refractivity contribution in [2.75, 3.05) is 5.32 Å². The number of amides is 1. The monoisotopic (exact) mass is 631 g/mol. The van der Waals surface area contributed by atoms with Crippen LogP contribution >= 0.6 is 0 Å². The van der Waals surface area contributed by atoms with E-state index in [2.05, 4.69) is 43.2 Å². The number of nitrogens with zero attached hydrogens (tertiary/aromatic N) is 2. The van der Waals surface area contributed by atoms with Gasteiger partial charge in [-0.15, -0.1) is 10.2 Å². The van der Waals surface area contributed by atoms with Crippen molar-refractivity contribution in [1.82, 2.24) is 0 Å². The zero-order valence-electron chi connectivity index (χ0n) is 28.9. The number of aliphatic hydroxyl groups excluding tert-OH is 1. The lowest BCUT2D eigenvalue weighted by atomic mass is 9.75. The molecule has 2 N–H and O–H groups in total. The molecule has 2 aromatic rings. The van der Waals surface area contributed by atoms with Gasteiger partial charge in [0.1, 0.15) is 17.6 Å². The van der Waals surface area contributed by atoms with Crippen molar-refractivity contribution in [3.8, 4) is 0 Å². The molecule has 0 bridgehead atoms. The van der Waals surface area contributed by atoms with Crippen LogP contribution < -0.4 is 5.32 Å². The Morgan fingerprint density at radius 3 is 2.17 bits per heavy atom. The number of aryl methyl sites for hydroxylation is 1. The predicted molar refractivity (Wildman–Crippen MR) is 187 cm³/mol. The largest absolute Gasteiger partial charge is 0.510 e. The Bertz CT molecular complexity index is 1280. The molecule has 2 aromatic carbocycles. The van der Waals surface area contributed by atoms with Crippen LogP contribution in [0.5, 0.6) is 0 Å². The summed E-state index contributed by atoms with van der Waals surface area (Å²) < 4.78 is 6.03. The van der Waals surface area contributed by atoms with E-state index in [0.29, 0.717) is 23.4 Å². The molecule has 0 saturated heterocycles. The first-order valence-electron chi connectivity index (χ1n) is 17.7. The molecule has 3 unspecified atom stereocenters. The Morgan fingerprint density at radius 2 is 1.54 bits per heavy atom. The summed E-state index contributed by atoms with van der Waals surface area (Å²) in [6.45, 7) is 10.2. The first kappa shape index (κ1) is 37.0. The second kappa shape index (κ2) is 19.9. The van der Waals surface area contributed by atoms with Gasteiger partial charge in [0.2, 0.25) is 0 Å². The molecule has 1 aliphatic rings. The molecular weight excluding hydrogens is 574 g/mol. The highest BCUT2D eigenvalue weighted by molar-refractivity contribution is 6.03. The van der Waals surface area contributed by atoms with E-state index in [9.17, 15) is 14.7 Å². The van der Waals surface area contributed by atoms with Crippen molar-refractivity contribution in [3.05, 3.63) is 71.1 Å². The Morgan fingerprint density at radius 1 is 0.913 bits per heavy atom. The number of ether oxygens (including phenoxy) is 1. The zero-order chi connectivity index (χ0) is 33.3. The molecule has 3 rings (SSSR count). The Balaban J connectivity index is 1.53. The number of anilines is 1. The van der Waals surface area contributed by atoms with Gasteiger partial charge in [0, 0.05) is 5.69 Å². The summed E-state index contributed by atoms with van der Waals surface area (Å²) in [5, 5.41) is 21.4. The third-order valence-corrected chi connectivity index (χ3v) is 9.19. The third kappa shape index (κ3) is 12.4. The number of nitrogens with one attached hydrogen (secondary N) is 1. The third-order valence-electron chi connectivity index (χ3n) is 9.19. The zero-order valence-corrected chi connectivity index (χ0v) is 28.9. The van der Waals surface area contributed by atoms with Crippen LogP contribution in [0.3, 0.4) is 0 Å². The first-order chi connectivity index (χ1) is 22.2. The van der Waals surface area contributed by atoms with E-state index in [1.165, 1.54) is 70.3 Å². The highest BCUT2D eigenvalue weighted by Crippen LogP contribution is 2.36. The summed E-state index contributed by atoms with van der Waals surface area (Å²) in [6.07, 6.45) is 17.0. The standard InChI is InChI=1S/C39H57N3O4/c1-6-7-8-9-10-11-12-13-14-15-18-31-22-24-32(25-23-31)40-38(44)37(30(5)43)42-41-35-20-17-16-19-34(35)39(45)46-36-27-29(4)21-26-33(36)28(2)3/h16-17,19-20,22-25,28-29,33,36,43H,6-15,18,21,26-27H2,1-5H3,(H,40,44). The summed E-state index contributed by atoms with van der Waals surface area (Å²) >= 11 is 0. The smallest absolute Gasteiger partial charge is 0.340 e. The molecule has 7 nitrogen and oxygen atoms in total. The van der Waals surface area contributed by atoms with Crippen LogP contribution in [0.25, 0.3) is 0 Å². The molecule has 0 aliphatic heterocycles. The number of aliphatic hydroxyl groups is 1. The molecule has 1 aliphatic carbocycles. The molecule has 46 heavy (non-hydrogen) atoms. The van der Waals surface area contributed by atoms with Crippen LogP contribution in [0.1, 0.15) is 134 Å². The predicted octanol–water partition coefficient (Wildman–Crippen LogP) is 11.3. The molecule has 0 radical (unpaired) electrons. The van der Waals surface area contributed by atoms with Crippen LogP contribution in [0.15, 0.2) is 70.2 Å². The molecule has 0 aromatic heterocycles. The molecule has 0 heterocycles. The fourth-order valence-corrected chi connectivity index (χ4v) is 6.33. The molecular formula is C39H57N3O4. The normalized spacial score (nSPS) is 18.9. The number of carbonyl (C=O) groups excluding carboxylic acids is 2. The lowest BCUT2D eigenvalue weighted by Crippen LogP contribution is -2.35. The Labute approximate surface area is 277 Å². The van der Waals surface area contributed by atoms with E-state index in [-0.39, 0.29) is 28.8 Å². The lowest BCUT2D eigenvalue weighted by Gasteiger charge is -2.36. The number of unbranched alkanes of at least 4 members (excludes halogenated alkanes) is 9. The van der Waals surface area contributed by atoms with E-state index in [1.807, 2.05) is 24.3 Å². The minimum absolute atomic E-state index is 0.150. The summed E-state index contributed by atoms with van der Waals surface area (Å²) in [5.74, 6) is -0.0649. The van der Waals surface area contributed by atoms with E-state index in [0.717, 1.165) is 32.1 Å². The quantitative estimate of drug-likeness (QED) is 0.0562. The topological polar surface area (TPSA) is 100 Å². The summed E-state index contributed by atoms with van der Waals surface area (Å²) in [6, 6.07) is 14.6. The number of hydrogen-bond acceptors (Lipinski definition) is 6. The number of carbonyl (C=O) groups is 2. The molecule has 3 atom stereocenters. The van der Waals surface area contributed by atoms with Crippen molar-refractivity contribution in [1.29, 1.82) is 0 Å². The number of rotatable bonds is 18. The number of esters is 1. The van der Waals surface area contributed by atoms with Gasteiger partial charge in [-0.25, -0.2) is 4.79 Å². The maximum absolute atomic E-state index is 13.3. The van der Waals surface area contributed by atoms with Gasteiger partial charge in [-0.3, -0.25) is 4.79 Å². The molecule has 1 amide bonds. The van der Waals surface area contributed by atoms with Crippen molar-refractivity contribution >= 4 is 23.3 Å². The fourth-order valence-electron chi connectivity index (χ4n) is 6.33. The van der Waals surface area contributed by atoms with Crippen molar-refractivity contribution in [3.63, 3.8) is 0 Å².